The first-order valence-corrected chi connectivity index (χ1v) is 8.90. The van der Waals surface area contributed by atoms with Gasteiger partial charge in [0.15, 0.2) is 11.6 Å². The molecule has 3 heterocycles. The van der Waals surface area contributed by atoms with E-state index < -0.39 is 0 Å². The Morgan fingerprint density at radius 1 is 1.08 bits per heavy atom. The Balaban J connectivity index is 1.63. The molecule has 0 saturated carbocycles. The molecule has 0 spiro atoms. The highest BCUT2D eigenvalue weighted by Gasteiger charge is 2.21. The van der Waals surface area contributed by atoms with Crippen molar-refractivity contribution in [3.05, 3.63) is 30.7 Å². The number of nitrogens with two attached hydrogens (primary N) is 1. The van der Waals surface area contributed by atoms with E-state index in [1.54, 1.807) is 6.33 Å². The second-order valence-electron chi connectivity index (χ2n) is 6.73. The van der Waals surface area contributed by atoms with Crippen molar-refractivity contribution in [1.82, 2.24) is 15.0 Å². The Morgan fingerprint density at radius 2 is 1.84 bits per heavy atom. The lowest BCUT2D eigenvalue weighted by molar-refractivity contribution is 0.606. The Hall–Kier alpha value is -2.57. The Bertz CT molecular complexity index is 666. The van der Waals surface area contributed by atoms with Crippen LogP contribution in [0.25, 0.3) is 0 Å². The summed E-state index contributed by atoms with van der Waals surface area (Å²) in [6, 6.07) is 6.01. The molecule has 3 rings (SSSR count). The topological polar surface area (TPSA) is 83.2 Å². The van der Waals surface area contributed by atoms with Crippen molar-refractivity contribution < 1.29 is 0 Å². The van der Waals surface area contributed by atoms with Crippen LogP contribution in [0.3, 0.4) is 0 Å². The van der Waals surface area contributed by atoms with Crippen molar-refractivity contribution in [2.24, 2.45) is 5.92 Å². The minimum atomic E-state index is 0.637. The predicted molar refractivity (Wildman–Crippen MR) is 103 cm³/mol. The molecule has 7 nitrogen and oxygen atoms in total. The van der Waals surface area contributed by atoms with Crippen LogP contribution < -0.4 is 20.9 Å². The van der Waals surface area contributed by atoms with Crippen molar-refractivity contribution in [2.45, 2.75) is 20.3 Å². The average Bonchev–Trinajstić information content (AvgIpc) is 2.64. The van der Waals surface area contributed by atoms with Gasteiger partial charge in [-0.2, -0.15) is 0 Å². The van der Waals surface area contributed by atoms with Gasteiger partial charge >= 0.3 is 0 Å². The summed E-state index contributed by atoms with van der Waals surface area (Å²) in [4.78, 5) is 17.7. The molecule has 1 aliphatic heterocycles. The van der Waals surface area contributed by atoms with Crippen molar-refractivity contribution in [3.63, 3.8) is 0 Å². The molecule has 0 aromatic carbocycles. The molecule has 25 heavy (non-hydrogen) atoms. The molecule has 2 aromatic rings. The van der Waals surface area contributed by atoms with Crippen LogP contribution in [0.2, 0.25) is 0 Å². The number of rotatable bonds is 6. The van der Waals surface area contributed by atoms with Gasteiger partial charge in [0.1, 0.15) is 17.8 Å². The highest BCUT2D eigenvalue weighted by atomic mass is 15.3. The molecule has 0 bridgehead atoms. The van der Waals surface area contributed by atoms with E-state index in [9.17, 15) is 0 Å². The number of nitrogens with one attached hydrogen (secondary N) is 1. The van der Waals surface area contributed by atoms with Crippen LogP contribution in [0.15, 0.2) is 30.7 Å². The Labute approximate surface area is 149 Å². The number of hydrogen-bond donors (Lipinski definition) is 2. The van der Waals surface area contributed by atoms with Gasteiger partial charge in [0.05, 0.1) is 0 Å². The van der Waals surface area contributed by atoms with E-state index in [-0.39, 0.29) is 0 Å². The zero-order valence-electron chi connectivity index (χ0n) is 15.0. The zero-order chi connectivity index (χ0) is 17.6. The molecule has 134 valence electrons. The van der Waals surface area contributed by atoms with Crippen molar-refractivity contribution in [1.29, 1.82) is 0 Å². The highest BCUT2D eigenvalue weighted by Crippen LogP contribution is 2.27. The van der Waals surface area contributed by atoms with E-state index in [1.165, 1.54) is 0 Å². The SMILES string of the molecule is CC(C)CCNc1ncnc(N2CCN(c3ccccn3)CC2)c1N. The van der Waals surface area contributed by atoms with Crippen LogP contribution in [0, 0.1) is 5.92 Å². The smallest absolute Gasteiger partial charge is 0.157 e. The number of anilines is 4. The first-order chi connectivity index (χ1) is 12.1. The van der Waals surface area contributed by atoms with E-state index in [1.807, 2.05) is 24.4 Å². The fraction of sp³-hybridized carbons (Fsp3) is 0.500. The summed E-state index contributed by atoms with van der Waals surface area (Å²) in [6.45, 7) is 8.81. The standard InChI is InChI=1S/C18H27N7/c1-14(2)6-8-21-17-16(19)18(23-13-22-17)25-11-9-24(10-12-25)15-5-3-4-7-20-15/h3-5,7,13-14H,6,8-12,19H2,1-2H3,(H,21,22,23). The van der Waals surface area contributed by atoms with Gasteiger partial charge in [-0.3, -0.25) is 0 Å². The third-order valence-electron chi connectivity index (χ3n) is 4.43. The van der Waals surface area contributed by atoms with Gasteiger partial charge in [0.2, 0.25) is 0 Å². The molecule has 0 radical (unpaired) electrons. The normalized spacial score (nSPS) is 14.8. The predicted octanol–water partition coefficient (Wildman–Crippen LogP) is 2.24. The van der Waals surface area contributed by atoms with E-state index in [2.05, 4.69) is 43.9 Å². The van der Waals surface area contributed by atoms with Gasteiger partial charge < -0.3 is 20.9 Å². The molecule has 0 aliphatic carbocycles. The maximum atomic E-state index is 6.32. The molecular formula is C18H27N7. The first-order valence-electron chi connectivity index (χ1n) is 8.90. The maximum absolute atomic E-state index is 6.32. The van der Waals surface area contributed by atoms with Gasteiger partial charge in [0, 0.05) is 38.9 Å². The minimum Gasteiger partial charge on any atom is -0.393 e. The molecule has 0 unspecified atom stereocenters. The minimum absolute atomic E-state index is 0.637. The number of aromatic nitrogens is 3. The van der Waals surface area contributed by atoms with Gasteiger partial charge in [-0.25, -0.2) is 15.0 Å². The largest absolute Gasteiger partial charge is 0.393 e. The Kier molecular flexibility index (Phi) is 5.53. The summed E-state index contributed by atoms with van der Waals surface area (Å²) >= 11 is 0. The lowest BCUT2D eigenvalue weighted by atomic mass is 10.1. The maximum Gasteiger partial charge on any atom is 0.157 e. The third-order valence-corrected chi connectivity index (χ3v) is 4.43. The molecule has 0 atom stereocenters. The van der Waals surface area contributed by atoms with Gasteiger partial charge in [-0.15, -0.1) is 0 Å². The zero-order valence-corrected chi connectivity index (χ0v) is 15.0. The molecule has 3 N–H and O–H groups in total. The number of nitrogens with zero attached hydrogens (tertiary/aromatic N) is 5. The van der Waals surface area contributed by atoms with Crippen molar-refractivity contribution in [3.8, 4) is 0 Å². The summed E-state index contributed by atoms with van der Waals surface area (Å²) in [5, 5.41) is 3.34. The summed E-state index contributed by atoms with van der Waals surface area (Å²) < 4.78 is 0. The average molecular weight is 341 g/mol. The van der Waals surface area contributed by atoms with E-state index >= 15 is 0 Å². The molecule has 0 amide bonds. The lowest BCUT2D eigenvalue weighted by Crippen LogP contribution is -2.47. The summed E-state index contributed by atoms with van der Waals surface area (Å²) in [6.07, 6.45) is 4.51. The summed E-state index contributed by atoms with van der Waals surface area (Å²) in [5.41, 5.74) is 6.96. The number of hydrogen-bond acceptors (Lipinski definition) is 7. The fourth-order valence-electron chi connectivity index (χ4n) is 2.95. The van der Waals surface area contributed by atoms with E-state index in [0.29, 0.717) is 11.6 Å². The van der Waals surface area contributed by atoms with E-state index in [0.717, 1.165) is 56.6 Å². The second-order valence-corrected chi connectivity index (χ2v) is 6.73. The van der Waals surface area contributed by atoms with Crippen LogP contribution in [-0.2, 0) is 0 Å². The van der Waals surface area contributed by atoms with Gasteiger partial charge in [0.25, 0.3) is 0 Å². The monoisotopic (exact) mass is 341 g/mol. The Morgan fingerprint density at radius 3 is 2.52 bits per heavy atom. The third kappa shape index (κ3) is 4.29. The van der Waals surface area contributed by atoms with Crippen molar-refractivity contribution >= 4 is 23.1 Å². The lowest BCUT2D eigenvalue weighted by Gasteiger charge is -2.36. The number of pyridine rings is 1. The summed E-state index contributed by atoms with van der Waals surface area (Å²) in [5.74, 6) is 3.23. The number of nitrogen functional groups attached to an aromatic ring is 1. The quantitative estimate of drug-likeness (QED) is 0.833. The molecule has 7 heteroatoms. The van der Waals surface area contributed by atoms with Gasteiger partial charge in [-0.05, 0) is 24.5 Å². The highest BCUT2D eigenvalue weighted by molar-refractivity contribution is 5.75. The second kappa shape index (κ2) is 8.00. The van der Waals surface area contributed by atoms with Crippen LogP contribution in [0.1, 0.15) is 20.3 Å². The van der Waals surface area contributed by atoms with Crippen molar-refractivity contribution in [2.75, 3.05) is 53.6 Å². The van der Waals surface area contributed by atoms with E-state index in [4.69, 9.17) is 5.73 Å². The summed E-state index contributed by atoms with van der Waals surface area (Å²) in [7, 11) is 0. The molecule has 1 saturated heterocycles. The molecule has 1 fully saturated rings. The molecule has 2 aromatic heterocycles. The van der Waals surface area contributed by atoms with Crippen LogP contribution in [0.4, 0.5) is 23.1 Å². The first kappa shape index (κ1) is 17.3. The molecule has 1 aliphatic rings. The van der Waals surface area contributed by atoms with Crippen LogP contribution in [0.5, 0.6) is 0 Å². The fourth-order valence-corrected chi connectivity index (χ4v) is 2.95. The molecular weight excluding hydrogens is 314 g/mol. The number of piperazine rings is 1. The van der Waals surface area contributed by atoms with Gasteiger partial charge in [-0.1, -0.05) is 19.9 Å². The van der Waals surface area contributed by atoms with Crippen LogP contribution in [-0.4, -0.2) is 47.7 Å². The van der Waals surface area contributed by atoms with Crippen LogP contribution >= 0.6 is 0 Å².